The van der Waals surface area contributed by atoms with Crippen molar-refractivity contribution >= 4 is 0 Å². The highest BCUT2D eigenvalue weighted by molar-refractivity contribution is 5.40. The molecule has 0 spiro atoms. The van der Waals surface area contributed by atoms with Gasteiger partial charge in [-0.05, 0) is 23.6 Å². The summed E-state index contributed by atoms with van der Waals surface area (Å²) in [5.41, 5.74) is 7.33. The van der Waals surface area contributed by atoms with Crippen molar-refractivity contribution in [2.24, 2.45) is 5.73 Å². The minimum atomic E-state index is -0.401. The van der Waals surface area contributed by atoms with Crippen LogP contribution in [0.5, 0.6) is 5.75 Å². The standard InChI is InChI=1S/C10H15NO2/c1-2-7-8(9(11)6-12)4-3-5-10(7)13/h3-5,9,12-13H,2,6,11H2,1H3/t9-/m1/s1. The van der Waals surface area contributed by atoms with Crippen LogP contribution in [0.4, 0.5) is 0 Å². The van der Waals surface area contributed by atoms with E-state index >= 15 is 0 Å². The Morgan fingerprint density at radius 3 is 2.69 bits per heavy atom. The van der Waals surface area contributed by atoms with Gasteiger partial charge < -0.3 is 15.9 Å². The zero-order valence-electron chi connectivity index (χ0n) is 7.70. The zero-order chi connectivity index (χ0) is 9.84. The number of phenolic OH excluding ortho intramolecular Hbond substituents is 1. The molecule has 4 N–H and O–H groups in total. The van der Waals surface area contributed by atoms with E-state index in [2.05, 4.69) is 0 Å². The van der Waals surface area contributed by atoms with E-state index in [1.165, 1.54) is 0 Å². The summed E-state index contributed by atoms with van der Waals surface area (Å²) in [7, 11) is 0. The third kappa shape index (κ3) is 1.99. The summed E-state index contributed by atoms with van der Waals surface area (Å²) in [6, 6.07) is 4.80. The van der Waals surface area contributed by atoms with Crippen LogP contribution in [-0.4, -0.2) is 16.8 Å². The van der Waals surface area contributed by atoms with Crippen molar-refractivity contribution in [3.05, 3.63) is 29.3 Å². The second kappa shape index (κ2) is 4.25. The molecule has 0 radical (unpaired) electrons. The van der Waals surface area contributed by atoms with Gasteiger partial charge in [-0.15, -0.1) is 0 Å². The summed E-state index contributed by atoms with van der Waals surface area (Å²) in [5.74, 6) is 0.254. The largest absolute Gasteiger partial charge is 0.508 e. The first-order valence-corrected chi connectivity index (χ1v) is 4.37. The van der Waals surface area contributed by atoms with Crippen LogP contribution in [0.15, 0.2) is 18.2 Å². The van der Waals surface area contributed by atoms with E-state index in [1.54, 1.807) is 12.1 Å². The summed E-state index contributed by atoms with van der Waals surface area (Å²) in [5, 5.41) is 18.4. The average molecular weight is 181 g/mol. The molecule has 0 aliphatic carbocycles. The second-order valence-electron chi connectivity index (χ2n) is 2.99. The van der Waals surface area contributed by atoms with E-state index in [1.807, 2.05) is 13.0 Å². The predicted molar refractivity (Wildman–Crippen MR) is 51.5 cm³/mol. The summed E-state index contributed by atoms with van der Waals surface area (Å²) < 4.78 is 0. The maximum absolute atomic E-state index is 9.50. The molecule has 0 saturated carbocycles. The Balaban J connectivity index is 3.12. The topological polar surface area (TPSA) is 66.5 Å². The molecule has 13 heavy (non-hydrogen) atoms. The zero-order valence-corrected chi connectivity index (χ0v) is 7.70. The van der Waals surface area contributed by atoms with Gasteiger partial charge in [-0.3, -0.25) is 0 Å². The van der Waals surface area contributed by atoms with E-state index in [-0.39, 0.29) is 12.4 Å². The maximum atomic E-state index is 9.50. The van der Waals surface area contributed by atoms with Crippen LogP contribution in [0, 0.1) is 0 Å². The molecule has 0 amide bonds. The predicted octanol–water partition coefficient (Wildman–Crippen LogP) is 0.947. The minimum absolute atomic E-state index is 0.101. The summed E-state index contributed by atoms with van der Waals surface area (Å²) >= 11 is 0. The van der Waals surface area contributed by atoms with Gasteiger partial charge in [0.25, 0.3) is 0 Å². The van der Waals surface area contributed by atoms with Gasteiger partial charge in [0, 0.05) is 0 Å². The lowest BCUT2D eigenvalue weighted by atomic mass is 9.99. The fraction of sp³-hybridized carbons (Fsp3) is 0.400. The van der Waals surface area contributed by atoms with Crippen molar-refractivity contribution in [3.63, 3.8) is 0 Å². The third-order valence-corrected chi connectivity index (χ3v) is 2.14. The lowest BCUT2D eigenvalue weighted by Crippen LogP contribution is -2.16. The Labute approximate surface area is 77.8 Å². The van der Waals surface area contributed by atoms with Gasteiger partial charge >= 0.3 is 0 Å². The van der Waals surface area contributed by atoms with Gasteiger partial charge in [-0.2, -0.15) is 0 Å². The van der Waals surface area contributed by atoms with Crippen LogP contribution >= 0.6 is 0 Å². The lowest BCUT2D eigenvalue weighted by Gasteiger charge is -2.14. The second-order valence-corrected chi connectivity index (χ2v) is 2.99. The first-order chi connectivity index (χ1) is 6.20. The summed E-state index contributed by atoms with van der Waals surface area (Å²) in [4.78, 5) is 0. The molecule has 0 saturated heterocycles. The van der Waals surface area contributed by atoms with Crippen molar-refractivity contribution in [1.29, 1.82) is 0 Å². The van der Waals surface area contributed by atoms with E-state index in [0.29, 0.717) is 0 Å². The van der Waals surface area contributed by atoms with Crippen molar-refractivity contribution in [3.8, 4) is 5.75 Å². The molecule has 0 heterocycles. The molecule has 0 fully saturated rings. The first-order valence-electron chi connectivity index (χ1n) is 4.37. The van der Waals surface area contributed by atoms with Crippen LogP contribution in [0.1, 0.15) is 24.1 Å². The van der Waals surface area contributed by atoms with Gasteiger partial charge in [0.1, 0.15) is 5.75 Å². The van der Waals surface area contributed by atoms with Crippen LogP contribution in [-0.2, 0) is 6.42 Å². The SMILES string of the molecule is CCc1c(O)cccc1[C@H](N)CO. The highest BCUT2D eigenvalue weighted by atomic mass is 16.3. The normalized spacial score (nSPS) is 12.8. The Bertz CT molecular complexity index is 286. The van der Waals surface area contributed by atoms with Gasteiger partial charge in [0.05, 0.1) is 12.6 Å². The fourth-order valence-electron chi connectivity index (χ4n) is 1.42. The molecule has 0 aliphatic heterocycles. The Hall–Kier alpha value is -1.06. The van der Waals surface area contributed by atoms with Crippen LogP contribution in [0.2, 0.25) is 0 Å². The number of hydrogen-bond donors (Lipinski definition) is 3. The number of phenols is 1. The monoisotopic (exact) mass is 181 g/mol. The van der Waals surface area contributed by atoms with Crippen LogP contribution in [0.25, 0.3) is 0 Å². The van der Waals surface area contributed by atoms with E-state index in [4.69, 9.17) is 10.8 Å². The van der Waals surface area contributed by atoms with Crippen molar-refractivity contribution < 1.29 is 10.2 Å². The molecule has 1 aromatic carbocycles. The molecule has 3 nitrogen and oxygen atoms in total. The number of nitrogens with two attached hydrogens (primary N) is 1. The highest BCUT2D eigenvalue weighted by Crippen LogP contribution is 2.25. The first kappa shape index (κ1) is 10.0. The number of benzene rings is 1. The Morgan fingerprint density at radius 2 is 2.15 bits per heavy atom. The average Bonchev–Trinajstić information content (AvgIpc) is 2.16. The Kier molecular flexibility index (Phi) is 3.28. The third-order valence-electron chi connectivity index (χ3n) is 2.14. The van der Waals surface area contributed by atoms with Gasteiger partial charge in [-0.1, -0.05) is 19.1 Å². The van der Waals surface area contributed by atoms with Crippen molar-refractivity contribution in [2.75, 3.05) is 6.61 Å². The molecule has 72 valence electrons. The molecular formula is C10H15NO2. The number of aliphatic hydroxyl groups is 1. The quantitative estimate of drug-likeness (QED) is 0.650. The van der Waals surface area contributed by atoms with Crippen LogP contribution < -0.4 is 5.73 Å². The fourth-order valence-corrected chi connectivity index (χ4v) is 1.42. The van der Waals surface area contributed by atoms with Gasteiger partial charge in [0.15, 0.2) is 0 Å². The van der Waals surface area contributed by atoms with Gasteiger partial charge in [0.2, 0.25) is 0 Å². The molecular weight excluding hydrogens is 166 g/mol. The minimum Gasteiger partial charge on any atom is -0.508 e. The summed E-state index contributed by atoms with van der Waals surface area (Å²) in [6.07, 6.45) is 0.718. The van der Waals surface area contributed by atoms with Gasteiger partial charge in [-0.25, -0.2) is 0 Å². The smallest absolute Gasteiger partial charge is 0.119 e. The Morgan fingerprint density at radius 1 is 1.46 bits per heavy atom. The van der Waals surface area contributed by atoms with E-state index < -0.39 is 6.04 Å². The molecule has 1 aromatic rings. The maximum Gasteiger partial charge on any atom is 0.119 e. The molecule has 0 unspecified atom stereocenters. The van der Waals surface area contributed by atoms with Crippen molar-refractivity contribution in [2.45, 2.75) is 19.4 Å². The number of aliphatic hydroxyl groups excluding tert-OH is 1. The van der Waals surface area contributed by atoms with E-state index in [0.717, 1.165) is 17.5 Å². The summed E-state index contributed by atoms with van der Waals surface area (Å²) in [6.45, 7) is 1.85. The highest BCUT2D eigenvalue weighted by Gasteiger charge is 2.11. The molecule has 3 heteroatoms. The number of hydrogen-bond acceptors (Lipinski definition) is 3. The van der Waals surface area contributed by atoms with E-state index in [9.17, 15) is 5.11 Å². The molecule has 1 rings (SSSR count). The molecule has 0 bridgehead atoms. The molecule has 1 atom stereocenters. The van der Waals surface area contributed by atoms with Crippen LogP contribution in [0.3, 0.4) is 0 Å². The lowest BCUT2D eigenvalue weighted by molar-refractivity contribution is 0.267. The van der Waals surface area contributed by atoms with Crippen molar-refractivity contribution in [1.82, 2.24) is 0 Å². The number of aromatic hydroxyl groups is 1. The molecule has 0 aliphatic rings. The number of rotatable bonds is 3. The molecule has 0 aromatic heterocycles.